The van der Waals surface area contributed by atoms with Gasteiger partial charge in [0.05, 0.1) is 12.9 Å². The van der Waals surface area contributed by atoms with Gasteiger partial charge in [0.1, 0.15) is 18.1 Å². The van der Waals surface area contributed by atoms with E-state index in [0.29, 0.717) is 5.69 Å². The summed E-state index contributed by atoms with van der Waals surface area (Å²) in [5, 5.41) is 16.8. The number of benzene rings is 1. The molecule has 3 atom stereocenters. The molecule has 1 heterocycles. The van der Waals surface area contributed by atoms with Gasteiger partial charge < -0.3 is 37.5 Å². The van der Waals surface area contributed by atoms with Crippen LogP contribution in [0.4, 0.5) is 0 Å². The molecule has 0 radical (unpaired) electrons. The van der Waals surface area contributed by atoms with Crippen LogP contribution in [-0.2, 0) is 36.8 Å². The number of aromatic amines is 1. The maximum absolute atomic E-state index is 13.1. The van der Waals surface area contributed by atoms with Crippen LogP contribution in [0.15, 0.2) is 42.9 Å². The lowest BCUT2D eigenvalue weighted by Gasteiger charge is -2.24. The molecule has 0 aliphatic heterocycles. The first-order chi connectivity index (χ1) is 16.7. The van der Waals surface area contributed by atoms with Crippen molar-refractivity contribution in [3.05, 3.63) is 54.1 Å². The second-order valence-corrected chi connectivity index (χ2v) is 7.76. The second-order valence-electron chi connectivity index (χ2n) is 7.76. The highest BCUT2D eigenvalue weighted by Gasteiger charge is 2.30. The molecule has 13 heteroatoms. The van der Waals surface area contributed by atoms with Crippen LogP contribution in [0, 0.1) is 0 Å². The van der Waals surface area contributed by atoms with Gasteiger partial charge in [0.25, 0.3) is 0 Å². The SMILES string of the molecule is NCC(=O)NC(Cc1ccccc1)C(=O)NC(Cc1cnc[nH]1)C(=O)NC(CCC(N)=O)C(=O)O. The van der Waals surface area contributed by atoms with Crippen molar-refractivity contribution in [3.63, 3.8) is 0 Å². The van der Waals surface area contributed by atoms with Crippen molar-refractivity contribution in [2.45, 2.75) is 43.8 Å². The summed E-state index contributed by atoms with van der Waals surface area (Å²) < 4.78 is 0. The maximum Gasteiger partial charge on any atom is 0.326 e. The number of aromatic nitrogens is 2. The van der Waals surface area contributed by atoms with Crippen LogP contribution in [0.1, 0.15) is 24.1 Å². The molecule has 0 aliphatic carbocycles. The molecule has 188 valence electrons. The molecule has 0 aliphatic rings. The molecule has 1 aromatic carbocycles. The van der Waals surface area contributed by atoms with Gasteiger partial charge in [-0.2, -0.15) is 0 Å². The minimum Gasteiger partial charge on any atom is -0.480 e. The van der Waals surface area contributed by atoms with Crippen molar-refractivity contribution in [2.75, 3.05) is 6.54 Å². The molecular formula is C22H29N7O6. The number of aliphatic carboxylic acids is 1. The van der Waals surface area contributed by atoms with E-state index in [4.69, 9.17) is 11.5 Å². The molecule has 0 saturated heterocycles. The van der Waals surface area contributed by atoms with E-state index in [1.165, 1.54) is 12.5 Å². The Bertz CT molecular complexity index is 1010. The first kappa shape index (κ1) is 27.0. The van der Waals surface area contributed by atoms with Gasteiger partial charge in [-0.1, -0.05) is 30.3 Å². The Morgan fingerprint density at radius 2 is 1.57 bits per heavy atom. The van der Waals surface area contributed by atoms with E-state index < -0.39 is 47.7 Å². The van der Waals surface area contributed by atoms with Gasteiger partial charge in [-0.3, -0.25) is 19.2 Å². The number of hydrogen-bond acceptors (Lipinski definition) is 7. The van der Waals surface area contributed by atoms with Gasteiger partial charge >= 0.3 is 5.97 Å². The average molecular weight is 488 g/mol. The molecule has 0 fully saturated rings. The van der Waals surface area contributed by atoms with Crippen molar-refractivity contribution >= 4 is 29.6 Å². The highest BCUT2D eigenvalue weighted by atomic mass is 16.4. The predicted molar refractivity (Wildman–Crippen MR) is 123 cm³/mol. The lowest BCUT2D eigenvalue weighted by Crippen LogP contribution is -2.57. The number of nitrogens with one attached hydrogen (secondary N) is 4. The summed E-state index contributed by atoms with van der Waals surface area (Å²) in [6, 6.07) is 5.26. The normalized spacial score (nSPS) is 13.2. The Hall–Kier alpha value is -4.26. The summed E-state index contributed by atoms with van der Waals surface area (Å²) in [6.07, 6.45) is 2.46. The third-order valence-electron chi connectivity index (χ3n) is 5.03. The molecule has 2 aromatic rings. The fourth-order valence-corrected chi connectivity index (χ4v) is 3.23. The third kappa shape index (κ3) is 9.25. The Balaban J connectivity index is 2.21. The number of nitrogens with two attached hydrogens (primary N) is 2. The summed E-state index contributed by atoms with van der Waals surface area (Å²) in [5.41, 5.74) is 11.7. The molecule has 35 heavy (non-hydrogen) atoms. The van der Waals surface area contributed by atoms with E-state index in [2.05, 4.69) is 25.9 Å². The Kier molecular flexibility index (Phi) is 10.4. The van der Waals surface area contributed by atoms with E-state index in [9.17, 15) is 29.1 Å². The maximum atomic E-state index is 13.1. The number of primary amides is 1. The molecule has 2 rings (SSSR count). The molecule has 4 amide bonds. The van der Waals surface area contributed by atoms with Gasteiger partial charge in [0.2, 0.25) is 23.6 Å². The number of H-pyrrole nitrogens is 1. The van der Waals surface area contributed by atoms with E-state index >= 15 is 0 Å². The molecule has 0 bridgehead atoms. The summed E-state index contributed by atoms with van der Waals surface area (Å²) in [5.74, 6) is -4.10. The largest absolute Gasteiger partial charge is 0.480 e. The topological polar surface area (TPSA) is 222 Å². The number of imidazole rings is 1. The first-order valence-corrected chi connectivity index (χ1v) is 10.8. The Labute approximate surface area is 201 Å². The van der Waals surface area contributed by atoms with E-state index in [0.717, 1.165) is 5.56 Å². The molecule has 9 N–H and O–H groups in total. The summed E-state index contributed by atoms with van der Waals surface area (Å²) in [4.78, 5) is 67.3. The highest BCUT2D eigenvalue weighted by Crippen LogP contribution is 2.07. The average Bonchev–Trinajstić information content (AvgIpc) is 3.34. The Morgan fingerprint density at radius 1 is 0.943 bits per heavy atom. The van der Waals surface area contributed by atoms with Crippen LogP contribution >= 0.6 is 0 Å². The molecule has 0 saturated carbocycles. The predicted octanol–water partition coefficient (Wildman–Crippen LogP) is -2.04. The highest BCUT2D eigenvalue weighted by molar-refractivity contribution is 5.94. The number of carboxylic acid groups (broad SMARTS) is 1. The zero-order chi connectivity index (χ0) is 25.8. The molecule has 0 spiro atoms. The zero-order valence-electron chi connectivity index (χ0n) is 18.9. The minimum atomic E-state index is -1.40. The summed E-state index contributed by atoms with van der Waals surface area (Å²) in [7, 11) is 0. The molecule has 1 aromatic heterocycles. The van der Waals surface area contributed by atoms with Gasteiger partial charge in [-0.05, 0) is 12.0 Å². The van der Waals surface area contributed by atoms with Gasteiger partial charge in [-0.15, -0.1) is 0 Å². The third-order valence-corrected chi connectivity index (χ3v) is 5.03. The molecule has 13 nitrogen and oxygen atoms in total. The smallest absolute Gasteiger partial charge is 0.326 e. The molecular weight excluding hydrogens is 458 g/mol. The quantitative estimate of drug-likeness (QED) is 0.157. The monoisotopic (exact) mass is 487 g/mol. The fraction of sp³-hybridized carbons (Fsp3) is 0.364. The van der Waals surface area contributed by atoms with Crippen molar-refractivity contribution < 1.29 is 29.1 Å². The van der Waals surface area contributed by atoms with Crippen molar-refractivity contribution in [1.82, 2.24) is 25.9 Å². The lowest BCUT2D eigenvalue weighted by molar-refractivity contribution is -0.142. The number of carbonyl (C=O) groups excluding carboxylic acids is 4. The summed E-state index contributed by atoms with van der Waals surface area (Å²) in [6.45, 7) is -0.337. The van der Waals surface area contributed by atoms with Gasteiger partial charge in [-0.25, -0.2) is 9.78 Å². The van der Waals surface area contributed by atoms with Crippen molar-refractivity contribution in [1.29, 1.82) is 0 Å². The minimum absolute atomic E-state index is 0.0391. The molecule has 3 unspecified atom stereocenters. The van der Waals surface area contributed by atoms with E-state index in [1.54, 1.807) is 30.3 Å². The van der Waals surface area contributed by atoms with Crippen LogP contribution in [0.3, 0.4) is 0 Å². The van der Waals surface area contributed by atoms with E-state index in [1.807, 2.05) is 0 Å². The van der Waals surface area contributed by atoms with Crippen molar-refractivity contribution in [3.8, 4) is 0 Å². The number of amides is 4. The second kappa shape index (κ2) is 13.4. The number of nitrogens with zero attached hydrogens (tertiary/aromatic N) is 1. The van der Waals surface area contributed by atoms with Gasteiger partial charge in [0.15, 0.2) is 0 Å². The summed E-state index contributed by atoms with van der Waals surface area (Å²) >= 11 is 0. The lowest BCUT2D eigenvalue weighted by atomic mass is 10.0. The van der Waals surface area contributed by atoms with Crippen LogP contribution in [0.25, 0.3) is 0 Å². The van der Waals surface area contributed by atoms with Crippen LogP contribution < -0.4 is 27.4 Å². The number of carboxylic acids is 1. The number of carbonyl (C=O) groups is 5. The zero-order valence-corrected chi connectivity index (χ0v) is 18.9. The van der Waals surface area contributed by atoms with Crippen LogP contribution in [-0.4, -0.2) is 69.3 Å². The Morgan fingerprint density at radius 3 is 2.11 bits per heavy atom. The van der Waals surface area contributed by atoms with Crippen molar-refractivity contribution in [2.24, 2.45) is 11.5 Å². The number of hydrogen-bond donors (Lipinski definition) is 7. The van der Waals surface area contributed by atoms with E-state index in [-0.39, 0.29) is 32.2 Å². The fourth-order valence-electron chi connectivity index (χ4n) is 3.23. The standard InChI is InChI=1S/C22H29N7O6/c23-10-19(31)27-16(8-13-4-2-1-3-5-13)20(32)29-17(9-14-11-25-12-26-14)21(33)28-15(22(34)35)6-7-18(24)30/h1-5,11-12,15-17H,6-10,23H2,(H2,24,30)(H,25,26)(H,27,31)(H,28,33)(H,29,32)(H,34,35). The van der Waals surface area contributed by atoms with Gasteiger partial charge in [0, 0.05) is 31.2 Å². The number of rotatable bonds is 14. The van der Waals surface area contributed by atoms with Crippen LogP contribution in [0.2, 0.25) is 0 Å². The van der Waals surface area contributed by atoms with Crippen LogP contribution in [0.5, 0.6) is 0 Å². The first-order valence-electron chi connectivity index (χ1n) is 10.8.